The number of anilines is 1. The van der Waals surface area contributed by atoms with Gasteiger partial charge < -0.3 is 10.6 Å². The summed E-state index contributed by atoms with van der Waals surface area (Å²) in [6.07, 6.45) is 6.22. The standard InChI is InChI=1S/C15H20N2O/c16-13-7-3-2-6-12(13)15(18)17-10-9-11-5-1-4-8-14(11)17/h2-3,6-7,11,14H,1,4-5,8-10,16H2. The van der Waals surface area contributed by atoms with E-state index in [4.69, 9.17) is 5.73 Å². The van der Waals surface area contributed by atoms with Gasteiger partial charge in [-0.05, 0) is 37.3 Å². The lowest BCUT2D eigenvalue weighted by Crippen LogP contribution is -2.39. The monoisotopic (exact) mass is 244 g/mol. The third-order valence-corrected chi connectivity index (χ3v) is 4.46. The maximum absolute atomic E-state index is 12.6. The van der Waals surface area contributed by atoms with Crippen molar-refractivity contribution in [1.82, 2.24) is 4.90 Å². The molecule has 0 bridgehead atoms. The summed E-state index contributed by atoms with van der Waals surface area (Å²) < 4.78 is 0. The molecule has 3 nitrogen and oxygen atoms in total. The molecule has 2 unspecified atom stereocenters. The van der Waals surface area contributed by atoms with Crippen molar-refractivity contribution in [2.75, 3.05) is 12.3 Å². The molecule has 1 saturated carbocycles. The van der Waals surface area contributed by atoms with Crippen LogP contribution in [0.25, 0.3) is 0 Å². The summed E-state index contributed by atoms with van der Waals surface area (Å²) in [5.74, 6) is 0.857. The van der Waals surface area contributed by atoms with E-state index in [9.17, 15) is 4.79 Å². The fourth-order valence-electron chi connectivity index (χ4n) is 3.50. The minimum atomic E-state index is 0.127. The Morgan fingerprint density at radius 1 is 1.17 bits per heavy atom. The smallest absolute Gasteiger partial charge is 0.256 e. The first-order valence-corrected chi connectivity index (χ1v) is 6.93. The topological polar surface area (TPSA) is 46.3 Å². The molecular weight excluding hydrogens is 224 g/mol. The van der Waals surface area contributed by atoms with Gasteiger partial charge in [-0.15, -0.1) is 0 Å². The van der Waals surface area contributed by atoms with E-state index >= 15 is 0 Å². The summed E-state index contributed by atoms with van der Waals surface area (Å²) in [5, 5.41) is 0. The third kappa shape index (κ3) is 1.88. The second kappa shape index (κ2) is 4.63. The van der Waals surface area contributed by atoms with Crippen LogP contribution in [0.3, 0.4) is 0 Å². The van der Waals surface area contributed by atoms with Crippen LogP contribution in [0.4, 0.5) is 5.69 Å². The minimum absolute atomic E-state index is 0.127. The Morgan fingerprint density at radius 3 is 2.78 bits per heavy atom. The second-order valence-corrected chi connectivity index (χ2v) is 5.49. The Morgan fingerprint density at radius 2 is 1.94 bits per heavy atom. The van der Waals surface area contributed by atoms with Crippen LogP contribution >= 0.6 is 0 Å². The molecule has 2 aliphatic rings. The van der Waals surface area contributed by atoms with Crippen molar-refractivity contribution in [1.29, 1.82) is 0 Å². The molecule has 1 aromatic rings. The van der Waals surface area contributed by atoms with Crippen LogP contribution in [0.1, 0.15) is 42.5 Å². The van der Waals surface area contributed by atoms with Gasteiger partial charge in [-0.3, -0.25) is 4.79 Å². The van der Waals surface area contributed by atoms with E-state index in [1.165, 1.54) is 32.1 Å². The maximum atomic E-state index is 12.6. The number of hydrogen-bond donors (Lipinski definition) is 1. The summed E-state index contributed by atoms with van der Waals surface area (Å²) >= 11 is 0. The molecule has 0 spiro atoms. The number of likely N-dealkylation sites (tertiary alicyclic amines) is 1. The molecule has 1 heterocycles. The van der Waals surface area contributed by atoms with Crippen molar-refractivity contribution >= 4 is 11.6 Å². The number of nitrogen functional groups attached to an aromatic ring is 1. The molecule has 18 heavy (non-hydrogen) atoms. The van der Waals surface area contributed by atoms with Crippen molar-refractivity contribution in [3.8, 4) is 0 Å². The van der Waals surface area contributed by atoms with Crippen LogP contribution in [0.5, 0.6) is 0 Å². The van der Waals surface area contributed by atoms with Crippen LogP contribution in [-0.4, -0.2) is 23.4 Å². The second-order valence-electron chi connectivity index (χ2n) is 5.49. The largest absolute Gasteiger partial charge is 0.398 e. The molecule has 3 heteroatoms. The maximum Gasteiger partial charge on any atom is 0.256 e. The van der Waals surface area contributed by atoms with Gasteiger partial charge in [-0.1, -0.05) is 25.0 Å². The lowest BCUT2D eigenvalue weighted by Gasteiger charge is -2.31. The summed E-state index contributed by atoms with van der Waals surface area (Å²) in [5.41, 5.74) is 7.18. The first kappa shape index (κ1) is 11.6. The van der Waals surface area contributed by atoms with Gasteiger partial charge in [0.15, 0.2) is 0 Å². The summed E-state index contributed by atoms with van der Waals surface area (Å²) in [6.45, 7) is 0.905. The molecule has 2 atom stereocenters. The molecule has 2 fully saturated rings. The molecular formula is C15H20N2O. The van der Waals surface area contributed by atoms with Gasteiger partial charge in [0, 0.05) is 18.3 Å². The highest BCUT2D eigenvalue weighted by atomic mass is 16.2. The molecule has 1 amide bonds. The molecule has 0 aromatic heterocycles. The first-order valence-electron chi connectivity index (χ1n) is 6.93. The number of carbonyl (C=O) groups excluding carboxylic acids is 1. The molecule has 1 aromatic carbocycles. The Kier molecular flexibility index (Phi) is 2.98. The van der Waals surface area contributed by atoms with Crippen molar-refractivity contribution in [2.45, 2.75) is 38.1 Å². The van der Waals surface area contributed by atoms with Gasteiger partial charge in [0.1, 0.15) is 0 Å². The highest BCUT2D eigenvalue weighted by molar-refractivity contribution is 5.99. The predicted molar refractivity (Wildman–Crippen MR) is 72.3 cm³/mol. The molecule has 0 radical (unpaired) electrons. The van der Waals surface area contributed by atoms with Crippen LogP contribution in [0, 0.1) is 5.92 Å². The Hall–Kier alpha value is -1.51. The van der Waals surface area contributed by atoms with Crippen LogP contribution < -0.4 is 5.73 Å². The predicted octanol–water partition coefficient (Wildman–Crippen LogP) is 2.67. The van der Waals surface area contributed by atoms with E-state index in [0.717, 1.165) is 12.5 Å². The molecule has 1 aliphatic carbocycles. The van der Waals surface area contributed by atoms with Gasteiger partial charge in [-0.25, -0.2) is 0 Å². The van der Waals surface area contributed by atoms with Gasteiger partial charge in [0.2, 0.25) is 0 Å². The summed E-state index contributed by atoms with van der Waals surface area (Å²) in [4.78, 5) is 14.6. The van der Waals surface area contributed by atoms with E-state index in [1.807, 2.05) is 24.3 Å². The average Bonchev–Trinajstić information content (AvgIpc) is 2.82. The number of carbonyl (C=O) groups is 1. The SMILES string of the molecule is Nc1ccccc1C(=O)N1CCC2CCCCC21. The lowest BCUT2D eigenvalue weighted by atomic mass is 9.85. The van der Waals surface area contributed by atoms with Crippen LogP contribution in [-0.2, 0) is 0 Å². The van der Waals surface area contributed by atoms with E-state index in [2.05, 4.69) is 4.90 Å². The highest BCUT2D eigenvalue weighted by Crippen LogP contribution is 2.37. The average molecular weight is 244 g/mol. The van der Waals surface area contributed by atoms with Crippen LogP contribution in [0.2, 0.25) is 0 Å². The zero-order valence-corrected chi connectivity index (χ0v) is 10.6. The van der Waals surface area contributed by atoms with Gasteiger partial charge in [0.25, 0.3) is 5.91 Å². The Bertz CT molecular complexity index is 458. The van der Waals surface area contributed by atoms with Crippen LogP contribution in [0.15, 0.2) is 24.3 Å². The normalized spacial score (nSPS) is 27.0. The number of hydrogen-bond acceptors (Lipinski definition) is 2. The number of nitrogens with zero attached hydrogens (tertiary/aromatic N) is 1. The van der Waals surface area contributed by atoms with E-state index in [1.54, 1.807) is 0 Å². The first-order chi connectivity index (χ1) is 8.77. The number of nitrogens with two attached hydrogens (primary N) is 1. The fraction of sp³-hybridized carbons (Fsp3) is 0.533. The van der Waals surface area contributed by atoms with Crippen molar-refractivity contribution < 1.29 is 4.79 Å². The van der Waals surface area contributed by atoms with Gasteiger partial charge >= 0.3 is 0 Å². The van der Waals surface area contributed by atoms with Gasteiger partial charge in [0.05, 0.1) is 5.56 Å². The summed E-state index contributed by atoms with van der Waals surface area (Å²) in [7, 11) is 0. The third-order valence-electron chi connectivity index (χ3n) is 4.46. The van der Waals surface area contributed by atoms with E-state index in [-0.39, 0.29) is 5.91 Å². The number of rotatable bonds is 1. The van der Waals surface area contributed by atoms with Gasteiger partial charge in [-0.2, -0.15) is 0 Å². The molecule has 1 aliphatic heterocycles. The molecule has 96 valence electrons. The zero-order chi connectivity index (χ0) is 12.5. The van der Waals surface area contributed by atoms with E-state index < -0.39 is 0 Å². The van der Waals surface area contributed by atoms with E-state index in [0.29, 0.717) is 17.3 Å². The fourth-order valence-corrected chi connectivity index (χ4v) is 3.50. The minimum Gasteiger partial charge on any atom is -0.398 e. The Balaban J connectivity index is 1.83. The van der Waals surface area contributed by atoms with Crippen molar-refractivity contribution in [3.05, 3.63) is 29.8 Å². The highest BCUT2D eigenvalue weighted by Gasteiger charge is 2.38. The number of amides is 1. The van der Waals surface area contributed by atoms with Crippen molar-refractivity contribution in [2.24, 2.45) is 5.92 Å². The molecule has 2 N–H and O–H groups in total. The molecule has 1 saturated heterocycles. The van der Waals surface area contributed by atoms with Crippen molar-refractivity contribution in [3.63, 3.8) is 0 Å². The Labute approximate surface area is 108 Å². The number of fused-ring (bicyclic) bond motifs is 1. The summed E-state index contributed by atoms with van der Waals surface area (Å²) in [6, 6.07) is 7.87. The molecule has 3 rings (SSSR count). The number of benzene rings is 1. The zero-order valence-electron chi connectivity index (χ0n) is 10.6. The lowest BCUT2D eigenvalue weighted by molar-refractivity contribution is 0.0691. The number of para-hydroxylation sites is 1. The quantitative estimate of drug-likeness (QED) is 0.772.